The lowest BCUT2D eigenvalue weighted by Crippen LogP contribution is -2.39. The van der Waals surface area contributed by atoms with Gasteiger partial charge >= 0.3 is 0 Å². The highest BCUT2D eigenvalue weighted by atomic mass is 16.5. The zero-order chi connectivity index (χ0) is 20.5. The lowest BCUT2D eigenvalue weighted by molar-refractivity contribution is 0.414. The van der Waals surface area contributed by atoms with E-state index in [2.05, 4.69) is 49.4 Å². The summed E-state index contributed by atoms with van der Waals surface area (Å²) in [5.74, 6) is 2.67. The first-order valence-electron chi connectivity index (χ1n) is 9.83. The zero-order valence-corrected chi connectivity index (χ0v) is 17.4. The van der Waals surface area contributed by atoms with Gasteiger partial charge in [-0.3, -0.25) is 4.99 Å². The fraction of sp³-hybridized carbons (Fsp3) is 0.304. The lowest BCUT2D eigenvalue weighted by Gasteiger charge is -2.21. The monoisotopic (exact) mass is 391 g/mol. The molecule has 0 radical (unpaired) electrons. The molecule has 1 aromatic heterocycles. The number of methoxy groups -OCH3 is 1. The number of H-pyrrole nitrogens is 1. The number of aromatic nitrogens is 2. The van der Waals surface area contributed by atoms with E-state index in [1.54, 1.807) is 14.2 Å². The van der Waals surface area contributed by atoms with Crippen molar-refractivity contribution in [3.63, 3.8) is 0 Å². The Morgan fingerprint density at radius 1 is 1.17 bits per heavy atom. The van der Waals surface area contributed by atoms with Gasteiger partial charge in [0.1, 0.15) is 11.6 Å². The molecule has 3 rings (SSSR count). The van der Waals surface area contributed by atoms with Gasteiger partial charge in [-0.2, -0.15) is 0 Å². The first-order chi connectivity index (χ1) is 14.2. The Labute approximate surface area is 172 Å². The van der Waals surface area contributed by atoms with E-state index < -0.39 is 0 Å². The van der Waals surface area contributed by atoms with Gasteiger partial charge in [0.2, 0.25) is 0 Å². The van der Waals surface area contributed by atoms with Crippen LogP contribution in [0.3, 0.4) is 0 Å². The minimum atomic E-state index is 0.655. The lowest BCUT2D eigenvalue weighted by atomic mass is 10.1. The molecule has 0 atom stereocenters. The average Bonchev–Trinajstić information content (AvgIpc) is 3.23. The molecule has 0 spiro atoms. The molecule has 2 aromatic carbocycles. The molecule has 0 aliphatic heterocycles. The number of ether oxygens (including phenoxy) is 1. The second-order valence-corrected chi connectivity index (χ2v) is 6.89. The van der Waals surface area contributed by atoms with E-state index in [9.17, 15) is 0 Å². The summed E-state index contributed by atoms with van der Waals surface area (Å²) >= 11 is 0. The highest BCUT2D eigenvalue weighted by Crippen LogP contribution is 2.16. The van der Waals surface area contributed by atoms with Crippen LogP contribution in [0.1, 0.15) is 17.8 Å². The standard InChI is InChI=1S/C23H29N5O/c1-24-23(25-14-8-10-18-9-7-13-20(15-18)29-3)28(2)17-22-26-16-21(27-22)19-11-5-4-6-12-19/h4-7,9,11-13,15-16H,8,10,14,17H2,1-3H3,(H,24,25)(H,26,27). The number of hydrogen-bond acceptors (Lipinski definition) is 3. The van der Waals surface area contributed by atoms with Gasteiger partial charge in [0.25, 0.3) is 0 Å². The molecule has 0 saturated heterocycles. The quantitative estimate of drug-likeness (QED) is 0.349. The molecule has 6 heteroatoms. The Bertz CT molecular complexity index is 920. The molecule has 0 saturated carbocycles. The minimum Gasteiger partial charge on any atom is -0.497 e. The van der Waals surface area contributed by atoms with Crippen LogP contribution in [0.2, 0.25) is 0 Å². The van der Waals surface area contributed by atoms with Crippen molar-refractivity contribution in [1.29, 1.82) is 0 Å². The molecule has 0 amide bonds. The second-order valence-electron chi connectivity index (χ2n) is 6.89. The number of aryl methyl sites for hydroxylation is 1. The van der Waals surface area contributed by atoms with Crippen molar-refractivity contribution in [3.05, 3.63) is 72.2 Å². The smallest absolute Gasteiger partial charge is 0.193 e. The topological polar surface area (TPSA) is 65.5 Å². The van der Waals surface area contributed by atoms with Crippen molar-refractivity contribution in [2.45, 2.75) is 19.4 Å². The van der Waals surface area contributed by atoms with Crippen molar-refractivity contribution in [2.75, 3.05) is 27.7 Å². The van der Waals surface area contributed by atoms with Crippen molar-refractivity contribution in [2.24, 2.45) is 4.99 Å². The molecule has 152 valence electrons. The molecule has 0 bridgehead atoms. The van der Waals surface area contributed by atoms with Gasteiger partial charge in [-0.25, -0.2) is 4.98 Å². The van der Waals surface area contributed by atoms with Gasteiger partial charge in [0.05, 0.1) is 25.5 Å². The number of aromatic amines is 1. The van der Waals surface area contributed by atoms with Crippen LogP contribution in [0, 0.1) is 0 Å². The van der Waals surface area contributed by atoms with Crippen LogP contribution >= 0.6 is 0 Å². The van der Waals surface area contributed by atoms with Crippen LogP contribution in [-0.2, 0) is 13.0 Å². The number of hydrogen-bond donors (Lipinski definition) is 2. The number of guanidine groups is 1. The van der Waals surface area contributed by atoms with Gasteiger partial charge in [0, 0.05) is 20.6 Å². The summed E-state index contributed by atoms with van der Waals surface area (Å²) in [5.41, 5.74) is 3.43. The summed E-state index contributed by atoms with van der Waals surface area (Å²) in [7, 11) is 5.52. The highest BCUT2D eigenvalue weighted by molar-refractivity contribution is 5.79. The largest absolute Gasteiger partial charge is 0.497 e. The van der Waals surface area contributed by atoms with Crippen LogP contribution in [-0.4, -0.2) is 48.6 Å². The molecule has 2 N–H and O–H groups in total. The maximum Gasteiger partial charge on any atom is 0.193 e. The van der Waals surface area contributed by atoms with Crippen LogP contribution in [0.5, 0.6) is 5.75 Å². The average molecular weight is 392 g/mol. The summed E-state index contributed by atoms with van der Waals surface area (Å²) in [5, 5.41) is 3.43. The molecular formula is C23H29N5O. The molecular weight excluding hydrogens is 362 g/mol. The van der Waals surface area contributed by atoms with Crippen LogP contribution in [0.4, 0.5) is 0 Å². The maximum atomic E-state index is 5.28. The first kappa shape index (κ1) is 20.5. The van der Waals surface area contributed by atoms with E-state index in [1.165, 1.54) is 5.56 Å². The van der Waals surface area contributed by atoms with Crippen LogP contribution in [0.15, 0.2) is 65.8 Å². The predicted octanol–water partition coefficient (Wildman–Crippen LogP) is 3.73. The second kappa shape index (κ2) is 10.3. The molecule has 3 aromatic rings. The normalized spacial score (nSPS) is 11.3. The number of rotatable bonds is 8. The molecule has 1 heterocycles. The Balaban J connectivity index is 1.48. The van der Waals surface area contributed by atoms with Gasteiger partial charge in [-0.05, 0) is 36.1 Å². The van der Waals surface area contributed by atoms with E-state index >= 15 is 0 Å². The van der Waals surface area contributed by atoms with E-state index in [-0.39, 0.29) is 0 Å². The zero-order valence-electron chi connectivity index (χ0n) is 17.4. The van der Waals surface area contributed by atoms with Gasteiger partial charge < -0.3 is 19.9 Å². The van der Waals surface area contributed by atoms with E-state index in [1.807, 2.05) is 43.6 Å². The molecule has 0 fully saturated rings. The summed E-state index contributed by atoms with van der Waals surface area (Å²) in [6.07, 6.45) is 3.88. The first-order valence-corrected chi connectivity index (χ1v) is 9.83. The van der Waals surface area contributed by atoms with Crippen molar-refractivity contribution in [1.82, 2.24) is 20.2 Å². The number of aliphatic imine (C=N–C) groups is 1. The van der Waals surface area contributed by atoms with Crippen molar-refractivity contribution < 1.29 is 4.74 Å². The third-order valence-electron chi connectivity index (χ3n) is 4.73. The van der Waals surface area contributed by atoms with Crippen LogP contribution in [0.25, 0.3) is 11.3 Å². The van der Waals surface area contributed by atoms with Crippen molar-refractivity contribution >= 4 is 5.96 Å². The molecule has 0 unspecified atom stereocenters. The minimum absolute atomic E-state index is 0.655. The fourth-order valence-corrected chi connectivity index (χ4v) is 3.21. The summed E-state index contributed by atoms with van der Waals surface area (Å²) < 4.78 is 5.28. The Hall–Kier alpha value is -3.28. The van der Waals surface area contributed by atoms with Crippen LogP contribution < -0.4 is 10.1 Å². The van der Waals surface area contributed by atoms with E-state index in [0.717, 1.165) is 48.2 Å². The number of benzene rings is 2. The third-order valence-corrected chi connectivity index (χ3v) is 4.73. The summed E-state index contributed by atoms with van der Waals surface area (Å²) in [4.78, 5) is 14.4. The Morgan fingerprint density at radius 2 is 2.00 bits per heavy atom. The third kappa shape index (κ3) is 5.85. The number of nitrogens with zero attached hydrogens (tertiary/aromatic N) is 3. The van der Waals surface area contributed by atoms with Gasteiger partial charge in [-0.15, -0.1) is 0 Å². The van der Waals surface area contributed by atoms with E-state index in [4.69, 9.17) is 4.74 Å². The maximum absolute atomic E-state index is 5.28. The highest BCUT2D eigenvalue weighted by Gasteiger charge is 2.09. The predicted molar refractivity (Wildman–Crippen MR) is 118 cm³/mol. The number of nitrogens with one attached hydrogen (secondary N) is 2. The summed E-state index contributed by atoms with van der Waals surface area (Å²) in [6.45, 7) is 1.50. The Kier molecular flexibility index (Phi) is 7.28. The van der Waals surface area contributed by atoms with Gasteiger partial charge in [-0.1, -0.05) is 42.5 Å². The van der Waals surface area contributed by atoms with Crippen molar-refractivity contribution in [3.8, 4) is 17.0 Å². The summed E-state index contributed by atoms with van der Waals surface area (Å²) in [6, 6.07) is 18.4. The van der Waals surface area contributed by atoms with E-state index in [0.29, 0.717) is 6.54 Å². The molecule has 0 aliphatic rings. The Morgan fingerprint density at radius 3 is 2.76 bits per heavy atom. The molecule has 0 aliphatic carbocycles. The molecule has 6 nitrogen and oxygen atoms in total. The fourth-order valence-electron chi connectivity index (χ4n) is 3.21. The van der Waals surface area contributed by atoms with Gasteiger partial charge in [0.15, 0.2) is 5.96 Å². The number of imidazole rings is 1. The SMILES string of the molecule is CN=C(NCCCc1cccc(OC)c1)N(C)Cc1ncc(-c2ccccc2)[nH]1. The molecule has 29 heavy (non-hydrogen) atoms.